The van der Waals surface area contributed by atoms with Crippen LogP contribution in [0.15, 0.2) is 79.0 Å². The number of aromatic nitrogens is 2. The van der Waals surface area contributed by atoms with E-state index in [1.807, 2.05) is 59.4 Å². The number of benzene rings is 3. The van der Waals surface area contributed by atoms with E-state index in [1.165, 1.54) is 5.56 Å². The van der Waals surface area contributed by atoms with E-state index in [9.17, 15) is 0 Å². The van der Waals surface area contributed by atoms with Crippen LogP contribution in [-0.2, 0) is 0 Å². The second-order valence-corrected chi connectivity index (χ2v) is 7.18. The van der Waals surface area contributed by atoms with Gasteiger partial charge in [0.2, 0.25) is 0 Å². The van der Waals surface area contributed by atoms with Crippen LogP contribution in [-0.4, -0.2) is 9.78 Å². The van der Waals surface area contributed by atoms with E-state index in [1.54, 1.807) is 0 Å². The predicted octanol–water partition coefficient (Wildman–Crippen LogP) is 5.98. The van der Waals surface area contributed by atoms with Gasteiger partial charge in [0.15, 0.2) is 6.10 Å². The lowest BCUT2D eigenvalue weighted by molar-refractivity contribution is 0.243. The molecule has 3 aromatic carbocycles. The van der Waals surface area contributed by atoms with Crippen molar-refractivity contribution in [1.29, 1.82) is 0 Å². The number of halogens is 1. The molecule has 132 valence electrons. The Balaban J connectivity index is 1.75. The quantitative estimate of drug-likeness (QED) is 0.432. The largest absolute Gasteiger partial charge is 0.480 e. The molecule has 4 heteroatoms. The average molecular weight is 373 g/mol. The number of aryl methyl sites for hydroxylation is 1. The number of fused-ring (bicyclic) bond motifs is 3. The highest BCUT2D eigenvalue weighted by molar-refractivity contribution is 6.30. The first kappa shape index (κ1) is 16.2. The molecule has 27 heavy (non-hydrogen) atoms. The van der Waals surface area contributed by atoms with E-state index in [0.717, 1.165) is 33.8 Å². The van der Waals surface area contributed by atoms with Crippen LogP contribution in [0.5, 0.6) is 5.75 Å². The van der Waals surface area contributed by atoms with E-state index in [2.05, 4.69) is 31.2 Å². The third-order valence-corrected chi connectivity index (χ3v) is 5.14. The van der Waals surface area contributed by atoms with Crippen LogP contribution in [0, 0.1) is 6.92 Å². The summed E-state index contributed by atoms with van der Waals surface area (Å²) in [5.74, 6) is 0.873. The highest BCUT2D eigenvalue weighted by Crippen LogP contribution is 2.45. The van der Waals surface area contributed by atoms with Crippen LogP contribution in [0.1, 0.15) is 22.8 Å². The number of rotatable bonds is 2. The molecule has 1 atom stereocenters. The molecular weight excluding hydrogens is 356 g/mol. The van der Waals surface area contributed by atoms with E-state index in [4.69, 9.17) is 21.4 Å². The molecule has 0 saturated carbocycles. The molecule has 1 aliphatic rings. The van der Waals surface area contributed by atoms with Gasteiger partial charge in [-0.2, -0.15) is 5.10 Å². The van der Waals surface area contributed by atoms with Gasteiger partial charge in [-0.3, -0.25) is 0 Å². The normalized spacial score (nSPS) is 15.0. The highest BCUT2D eigenvalue weighted by Gasteiger charge is 2.31. The minimum absolute atomic E-state index is 0.183. The smallest absolute Gasteiger partial charge is 0.153 e. The number of hydrogen-bond acceptors (Lipinski definition) is 2. The van der Waals surface area contributed by atoms with Crippen molar-refractivity contribution in [2.75, 3.05) is 0 Å². The Hall–Kier alpha value is -3.04. The van der Waals surface area contributed by atoms with Gasteiger partial charge in [-0.05, 0) is 48.9 Å². The monoisotopic (exact) mass is 372 g/mol. The fourth-order valence-corrected chi connectivity index (χ4v) is 3.72. The molecule has 0 radical (unpaired) electrons. The Kier molecular flexibility index (Phi) is 3.76. The summed E-state index contributed by atoms with van der Waals surface area (Å²) in [6, 6.07) is 24.3. The van der Waals surface area contributed by atoms with Crippen LogP contribution in [0.25, 0.3) is 16.9 Å². The van der Waals surface area contributed by atoms with Crippen molar-refractivity contribution in [2.24, 2.45) is 0 Å². The lowest BCUT2D eigenvalue weighted by atomic mass is 9.94. The lowest BCUT2D eigenvalue weighted by Crippen LogP contribution is -2.16. The van der Waals surface area contributed by atoms with Crippen molar-refractivity contribution >= 4 is 11.6 Å². The fraction of sp³-hybridized carbons (Fsp3) is 0.0870. The molecule has 0 amide bonds. The Morgan fingerprint density at radius 3 is 2.52 bits per heavy atom. The molecular formula is C23H17ClN2O. The summed E-state index contributed by atoms with van der Waals surface area (Å²) in [6.45, 7) is 2.09. The molecule has 1 unspecified atom stereocenters. The molecule has 0 aliphatic carbocycles. The number of hydrogen-bond donors (Lipinski definition) is 0. The minimum atomic E-state index is -0.183. The molecule has 0 fully saturated rings. The highest BCUT2D eigenvalue weighted by atomic mass is 35.5. The molecule has 1 aliphatic heterocycles. The topological polar surface area (TPSA) is 27.1 Å². The standard InChI is InChI=1S/C23H17ClN2O/c1-15-7-12-21-19(13-15)22-20(23(27-21)16-5-3-2-4-6-16)14-25-26(22)18-10-8-17(24)9-11-18/h2-14,23H,1H3. The maximum atomic E-state index is 6.39. The second kappa shape index (κ2) is 6.29. The molecule has 0 saturated heterocycles. The number of ether oxygens (including phenoxy) is 1. The summed E-state index contributed by atoms with van der Waals surface area (Å²) in [4.78, 5) is 0. The second-order valence-electron chi connectivity index (χ2n) is 6.74. The molecule has 2 heterocycles. The van der Waals surface area contributed by atoms with Crippen LogP contribution in [0.3, 0.4) is 0 Å². The third-order valence-electron chi connectivity index (χ3n) is 4.89. The van der Waals surface area contributed by atoms with Crippen molar-refractivity contribution in [3.05, 3.63) is 101 Å². The zero-order valence-corrected chi connectivity index (χ0v) is 15.5. The minimum Gasteiger partial charge on any atom is -0.480 e. The molecule has 3 nitrogen and oxygen atoms in total. The van der Waals surface area contributed by atoms with Crippen molar-refractivity contribution in [1.82, 2.24) is 9.78 Å². The molecule has 0 N–H and O–H groups in total. The van der Waals surface area contributed by atoms with E-state index in [0.29, 0.717) is 5.02 Å². The molecule has 5 rings (SSSR count). The third kappa shape index (κ3) is 2.71. The van der Waals surface area contributed by atoms with Crippen molar-refractivity contribution in [2.45, 2.75) is 13.0 Å². The Bertz CT molecular complexity index is 1120. The molecule has 1 aromatic heterocycles. The van der Waals surface area contributed by atoms with Gasteiger partial charge in [0.05, 0.1) is 17.6 Å². The number of nitrogens with zero attached hydrogens (tertiary/aromatic N) is 2. The average Bonchev–Trinajstić information content (AvgIpc) is 3.14. The summed E-state index contributed by atoms with van der Waals surface area (Å²) in [6.07, 6.45) is 1.73. The van der Waals surface area contributed by atoms with Gasteiger partial charge in [0, 0.05) is 16.1 Å². The van der Waals surface area contributed by atoms with E-state index < -0.39 is 0 Å². The van der Waals surface area contributed by atoms with Crippen LogP contribution >= 0.6 is 11.6 Å². The summed E-state index contributed by atoms with van der Waals surface area (Å²) in [7, 11) is 0. The summed E-state index contributed by atoms with van der Waals surface area (Å²) < 4.78 is 8.37. The van der Waals surface area contributed by atoms with Crippen molar-refractivity contribution in [3.63, 3.8) is 0 Å². The van der Waals surface area contributed by atoms with Gasteiger partial charge in [-0.1, -0.05) is 53.6 Å². The first-order valence-electron chi connectivity index (χ1n) is 8.87. The Morgan fingerprint density at radius 2 is 1.74 bits per heavy atom. The summed E-state index contributed by atoms with van der Waals surface area (Å²) in [5.41, 5.74) is 6.46. The van der Waals surface area contributed by atoms with Crippen molar-refractivity contribution in [3.8, 4) is 22.7 Å². The summed E-state index contributed by atoms with van der Waals surface area (Å²) in [5, 5.41) is 5.41. The van der Waals surface area contributed by atoms with Crippen LogP contribution in [0.4, 0.5) is 0 Å². The lowest BCUT2D eigenvalue weighted by Gasteiger charge is -2.27. The van der Waals surface area contributed by atoms with Gasteiger partial charge in [0.1, 0.15) is 5.75 Å². The first-order chi connectivity index (χ1) is 13.2. The van der Waals surface area contributed by atoms with Crippen LogP contribution < -0.4 is 4.74 Å². The SMILES string of the molecule is Cc1ccc2c(c1)-c1c(cnn1-c1ccc(Cl)cc1)C(c1ccccc1)O2. The van der Waals surface area contributed by atoms with E-state index >= 15 is 0 Å². The zero-order chi connectivity index (χ0) is 18.4. The fourth-order valence-electron chi connectivity index (χ4n) is 3.60. The maximum Gasteiger partial charge on any atom is 0.153 e. The van der Waals surface area contributed by atoms with Gasteiger partial charge in [-0.15, -0.1) is 0 Å². The van der Waals surface area contributed by atoms with Gasteiger partial charge < -0.3 is 4.74 Å². The zero-order valence-electron chi connectivity index (χ0n) is 14.8. The summed E-state index contributed by atoms with van der Waals surface area (Å²) >= 11 is 6.07. The molecule has 4 aromatic rings. The maximum absolute atomic E-state index is 6.39. The van der Waals surface area contributed by atoms with Gasteiger partial charge >= 0.3 is 0 Å². The molecule has 0 bridgehead atoms. The van der Waals surface area contributed by atoms with Crippen molar-refractivity contribution < 1.29 is 4.74 Å². The molecule has 0 spiro atoms. The van der Waals surface area contributed by atoms with Crippen LogP contribution in [0.2, 0.25) is 5.02 Å². The van der Waals surface area contributed by atoms with Gasteiger partial charge in [-0.25, -0.2) is 4.68 Å². The first-order valence-corrected chi connectivity index (χ1v) is 9.25. The van der Waals surface area contributed by atoms with E-state index in [-0.39, 0.29) is 6.10 Å². The Morgan fingerprint density at radius 1 is 0.963 bits per heavy atom. The predicted molar refractivity (Wildman–Crippen MR) is 108 cm³/mol. The Labute approximate surface area is 162 Å². The van der Waals surface area contributed by atoms with Gasteiger partial charge in [0.25, 0.3) is 0 Å².